The fourth-order valence-corrected chi connectivity index (χ4v) is 2.81. The summed E-state index contributed by atoms with van der Waals surface area (Å²) in [6, 6.07) is 12.6. The number of hydrogen-bond acceptors (Lipinski definition) is 5. The number of benzene rings is 2. The Hall–Kier alpha value is -3.61. The van der Waals surface area contributed by atoms with Crippen molar-refractivity contribution in [1.29, 1.82) is 0 Å². The van der Waals surface area contributed by atoms with Crippen molar-refractivity contribution < 1.29 is 14.1 Å². The van der Waals surface area contributed by atoms with Crippen LogP contribution >= 0.6 is 0 Å². The van der Waals surface area contributed by atoms with Crippen LogP contribution in [0.1, 0.15) is 27.4 Å². The maximum Gasteiger partial charge on any atom is 0.255 e. The maximum atomic E-state index is 12.6. The summed E-state index contributed by atoms with van der Waals surface area (Å²) in [6.45, 7) is 4.05. The summed E-state index contributed by atoms with van der Waals surface area (Å²) in [7, 11) is 0. The molecule has 136 valence electrons. The number of aryl methyl sites for hydroxylation is 2. The van der Waals surface area contributed by atoms with Gasteiger partial charge in [0.1, 0.15) is 18.1 Å². The van der Waals surface area contributed by atoms with Gasteiger partial charge < -0.3 is 14.6 Å². The molecule has 0 aliphatic rings. The molecule has 0 aliphatic carbocycles. The van der Waals surface area contributed by atoms with Crippen molar-refractivity contribution in [3.05, 3.63) is 71.2 Å². The van der Waals surface area contributed by atoms with Gasteiger partial charge in [0.15, 0.2) is 0 Å². The van der Waals surface area contributed by atoms with Crippen molar-refractivity contribution in [2.75, 3.05) is 5.32 Å². The number of carbonyl (C=O) groups excluding carboxylic acids is 1. The third-order valence-electron chi connectivity index (χ3n) is 4.36. The first-order valence-electron chi connectivity index (χ1n) is 8.49. The minimum absolute atomic E-state index is 0.208. The monoisotopic (exact) mass is 362 g/mol. The quantitative estimate of drug-likeness (QED) is 0.560. The molecule has 2 aromatic carbocycles. The van der Waals surface area contributed by atoms with Gasteiger partial charge in [0, 0.05) is 16.6 Å². The molecular formula is C20H18N4O3. The van der Waals surface area contributed by atoms with Crippen molar-refractivity contribution in [2.45, 2.75) is 20.5 Å². The molecule has 0 aliphatic heterocycles. The van der Waals surface area contributed by atoms with Crippen LogP contribution in [0.4, 0.5) is 5.69 Å². The summed E-state index contributed by atoms with van der Waals surface area (Å²) < 4.78 is 10.9. The lowest BCUT2D eigenvalue weighted by Crippen LogP contribution is -2.12. The van der Waals surface area contributed by atoms with Gasteiger partial charge in [0.25, 0.3) is 5.91 Å². The van der Waals surface area contributed by atoms with Crippen molar-refractivity contribution in [3.63, 3.8) is 0 Å². The zero-order chi connectivity index (χ0) is 18.8. The van der Waals surface area contributed by atoms with Crippen LogP contribution in [0.5, 0.6) is 5.75 Å². The molecule has 1 amide bonds. The Bertz CT molecular complexity index is 1090. The lowest BCUT2D eigenvalue weighted by molar-refractivity contribution is 0.102. The fourth-order valence-electron chi connectivity index (χ4n) is 2.81. The molecule has 0 radical (unpaired) electrons. The van der Waals surface area contributed by atoms with Gasteiger partial charge in [-0.2, -0.15) is 5.10 Å². The molecule has 7 heteroatoms. The summed E-state index contributed by atoms with van der Waals surface area (Å²) in [5, 5.41) is 14.6. The molecule has 4 aromatic rings. The number of nitrogens with zero attached hydrogens (tertiary/aromatic N) is 2. The molecular weight excluding hydrogens is 344 g/mol. The van der Waals surface area contributed by atoms with E-state index >= 15 is 0 Å². The maximum absolute atomic E-state index is 12.6. The van der Waals surface area contributed by atoms with Crippen molar-refractivity contribution in [2.24, 2.45) is 0 Å². The van der Waals surface area contributed by atoms with E-state index in [1.54, 1.807) is 24.4 Å². The molecule has 2 heterocycles. The molecule has 0 unspecified atom stereocenters. The zero-order valence-electron chi connectivity index (χ0n) is 14.9. The number of amides is 1. The van der Waals surface area contributed by atoms with Gasteiger partial charge >= 0.3 is 0 Å². The smallest absolute Gasteiger partial charge is 0.255 e. The number of ether oxygens (including phenoxy) is 1. The van der Waals surface area contributed by atoms with Crippen LogP contribution in [-0.4, -0.2) is 21.3 Å². The Balaban J connectivity index is 1.47. The fraction of sp³-hybridized carbons (Fsp3) is 0.150. The summed E-state index contributed by atoms with van der Waals surface area (Å²) in [5.41, 5.74) is 3.85. The molecule has 0 bridgehead atoms. The van der Waals surface area contributed by atoms with E-state index in [1.807, 2.05) is 38.1 Å². The number of nitrogens with one attached hydrogen (secondary N) is 2. The Morgan fingerprint density at radius 1 is 1.22 bits per heavy atom. The SMILES string of the molecule is Cc1noc(C)c1COc1cccc(C(=O)Nc2ccc3[nH]ncc3c2)c1. The highest BCUT2D eigenvalue weighted by atomic mass is 16.5. The van der Waals surface area contributed by atoms with Gasteiger partial charge in [-0.1, -0.05) is 11.2 Å². The number of anilines is 1. The van der Waals surface area contributed by atoms with E-state index in [-0.39, 0.29) is 5.91 Å². The van der Waals surface area contributed by atoms with Gasteiger partial charge in [-0.3, -0.25) is 9.89 Å². The average molecular weight is 362 g/mol. The van der Waals surface area contributed by atoms with Crippen molar-refractivity contribution in [3.8, 4) is 5.75 Å². The van der Waals surface area contributed by atoms with Gasteiger partial charge in [0.05, 0.1) is 23.0 Å². The van der Waals surface area contributed by atoms with Crippen LogP contribution in [-0.2, 0) is 6.61 Å². The first kappa shape index (κ1) is 16.8. The average Bonchev–Trinajstić information content (AvgIpc) is 3.26. The standard InChI is InChI=1S/C20H18N4O3/c1-12-18(13(2)27-24-12)11-26-17-5-3-4-14(9-17)20(25)22-16-6-7-19-15(8-16)10-21-23-19/h3-10H,11H2,1-2H3,(H,21,23)(H,22,25). The number of rotatable bonds is 5. The van der Waals surface area contributed by atoms with E-state index in [2.05, 4.69) is 20.7 Å². The predicted octanol–water partition coefficient (Wildman–Crippen LogP) is 4.00. The molecule has 0 atom stereocenters. The first-order valence-corrected chi connectivity index (χ1v) is 8.49. The lowest BCUT2D eigenvalue weighted by Gasteiger charge is -2.09. The van der Waals surface area contributed by atoms with Crippen LogP contribution in [0.15, 0.2) is 53.2 Å². The lowest BCUT2D eigenvalue weighted by atomic mass is 10.2. The summed E-state index contributed by atoms with van der Waals surface area (Å²) >= 11 is 0. The van der Waals surface area contributed by atoms with Crippen LogP contribution < -0.4 is 10.1 Å². The molecule has 2 aromatic heterocycles. The second-order valence-electron chi connectivity index (χ2n) is 6.25. The van der Waals surface area contributed by atoms with Crippen LogP contribution in [0.3, 0.4) is 0 Å². The normalized spacial score (nSPS) is 10.9. The Labute approximate surface area is 155 Å². The van der Waals surface area contributed by atoms with Crippen LogP contribution in [0.2, 0.25) is 0 Å². The highest BCUT2D eigenvalue weighted by molar-refractivity contribution is 6.05. The van der Waals surface area contributed by atoms with Gasteiger partial charge in [0.2, 0.25) is 0 Å². The second kappa shape index (κ2) is 6.95. The number of aromatic amines is 1. The molecule has 0 saturated carbocycles. The van der Waals surface area contributed by atoms with Crippen LogP contribution in [0, 0.1) is 13.8 Å². The number of aromatic nitrogens is 3. The van der Waals surface area contributed by atoms with Gasteiger partial charge in [-0.15, -0.1) is 0 Å². The molecule has 7 nitrogen and oxygen atoms in total. The Morgan fingerprint density at radius 3 is 2.93 bits per heavy atom. The topological polar surface area (TPSA) is 93.0 Å². The third kappa shape index (κ3) is 3.52. The molecule has 27 heavy (non-hydrogen) atoms. The first-order chi connectivity index (χ1) is 13.1. The molecule has 0 saturated heterocycles. The van der Waals surface area contributed by atoms with E-state index in [9.17, 15) is 4.79 Å². The van der Waals surface area contributed by atoms with E-state index in [4.69, 9.17) is 9.26 Å². The highest BCUT2D eigenvalue weighted by Gasteiger charge is 2.11. The third-order valence-corrected chi connectivity index (χ3v) is 4.36. The van der Waals surface area contributed by atoms with E-state index in [0.717, 1.165) is 27.9 Å². The minimum Gasteiger partial charge on any atom is -0.489 e. The predicted molar refractivity (Wildman–Crippen MR) is 101 cm³/mol. The zero-order valence-corrected chi connectivity index (χ0v) is 14.9. The molecule has 2 N–H and O–H groups in total. The second-order valence-corrected chi connectivity index (χ2v) is 6.25. The number of H-pyrrole nitrogens is 1. The van der Waals surface area contributed by atoms with Crippen molar-refractivity contribution in [1.82, 2.24) is 15.4 Å². The number of fused-ring (bicyclic) bond motifs is 1. The molecule has 4 rings (SSSR count). The number of carbonyl (C=O) groups is 1. The van der Waals surface area contributed by atoms with Crippen LogP contribution in [0.25, 0.3) is 10.9 Å². The number of hydrogen-bond donors (Lipinski definition) is 2. The van der Waals surface area contributed by atoms with Gasteiger partial charge in [-0.05, 0) is 50.2 Å². The van der Waals surface area contributed by atoms with Crippen molar-refractivity contribution >= 4 is 22.5 Å². The Kier molecular flexibility index (Phi) is 4.33. The summed E-state index contributed by atoms with van der Waals surface area (Å²) in [5.74, 6) is 1.13. The highest BCUT2D eigenvalue weighted by Crippen LogP contribution is 2.21. The minimum atomic E-state index is -0.208. The van der Waals surface area contributed by atoms with E-state index < -0.39 is 0 Å². The van der Waals surface area contributed by atoms with Gasteiger partial charge in [-0.25, -0.2) is 0 Å². The molecule has 0 fully saturated rings. The summed E-state index contributed by atoms with van der Waals surface area (Å²) in [4.78, 5) is 12.6. The van der Waals surface area contributed by atoms with E-state index in [0.29, 0.717) is 23.6 Å². The van der Waals surface area contributed by atoms with E-state index in [1.165, 1.54) is 0 Å². The Morgan fingerprint density at radius 2 is 2.11 bits per heavy atom. The largest absolute Gasteiger partial charge is 0.489 e. The summed E-state index contributed by atoms with van der Waals surface area (Å²) in [6.07, 6.45) is 1.72. The molecule has 0 spiro atoms.